The molecule has 0 bridgehead atoms. The van der Waals surface area contributed by atoms with Crippen LogP contribution in [0.5, 0.6) is 5.75 Å². The van der Waals surface area contributed by atoms with Gasteiger partial charge in [0.25, 0.3) is 0 Å². The predicted molar refractivity (Wildman–Crippen MR) is 69.5 cm³/mol. The van der Waals surface area contributed by atoms with Crippen LogP contribution < -0.4 is 15.8 Å². The van der Waals surface area contributed by atoms with Crippen molar-refractivity contribution in [3.63, 3.8) is 0 Å². The summed E-state index contributed by atoms with van der Waals surface area (Å²) in [6.45, 7) is -1.08. The third-order valence-corrected chi connectivity index (χ3v) is 3.16. The minimum Gasteiger partial charge on any atom is -0.432 e. The van der Waals surface area contributed by atoms with Gasteiger partial charge in [-0.25, -0.2) is 4.39 Å². The van der Waals surface area contributed by atoms with E-state index in [2.05, 4.69) is 10.1 Å². The van der Waals surface area contributed by atoms with Gasteiger partial charge in [0.2, 0.25) is 0 Å². The zero-order valence-electron chi connectivity index (χ0n) is 10.9. The van der Waals surface area contributed by atoms with Crippen LogP contribution in [0.1, 0.15) is 12.8 Å². The molecule has 0 aromatic heterocycles. The van der Waals surface area contributed by atoms with Crippen molar-refractivity contribution in [2.45, 2.75) is 19.5 Å². The highest BCUT2D eigenvalue weighted by Gasteiger charge is 2.16. The molecule has 7 heteroatoms. The van der Waals surface area contributed by atoms with Crippen LogP contribution in [0.25, 0.3) is 0 Å². The van der Waals surface area contributed by atoms with E-state index in [1.807, 2.05) is 0 Å². The van der Waals surface area contributed by atoms with Crippen molar-refractivity contribution in [2.24, 2.45) is 5.92 Å². The van der Waals surface area contributed by atoms with Gasteiger partial charge in [0.1, 0.15) is 0 Å². The Bertz CT molecular complexity index is 451. The number of nitrogens with one attached hydrogen (secondary N) is 1. The topological polar surface area (TPSA) is 56.5 Å². The van der Waals surface area contributed by atoms with Crippen LogP contribution in [0.2, 0.25) is 0 Å². The van der Waals surface area contributed by atoms with E-state index in [0.29, 0.717) is 24.8 Å². The van der Waals surface area contributed by atoms with E-state index in [9.17, 15) is 13.2 Å². The molecule has 4 nitrogen and oxygen atoms in total. The van der Waals surface area contributed by atoms with Crippen LogP contribution in [-0.2, 0) is 4.74 Å². The van der Waals surface area contributed by atoms with Crippen LogP contribution in [-0.4, -0.2) is 26.4 Å². The van der Waals surface area contributed by atoms with Crippen molar-refractivity contribution in [1.82, 2.24) is 0 Å². The van der Waals surface area contributed by atoms with Crippen LogP contribution in [0.4, 0.5) is 24.5 Å². The number of nitrogens with two attached hydrogens (primary N) is 1. The highest BCUT2D eigenvalue weighted by Crippen LogP contribution is 2.29. The SMILES string of the molecule is Nc1cc(F)c(OC(F)F)cc1NCC1CCCOC1. The first-order valence-electron chi connectivity index (χ1n) is 6.41. The molecule has 20 heavy (non-hydrogen) atoms. The van der Waals surface area contributed by atoms with Crippen molar-refractivity contribution in [3.05, 3.63) is 17.9 Å². The predicted octanol–water partition coefficient (Wildman–Crippen LogP) is 2.85. The number of hydrogen-bond acceptors (Lipinski definition) is 4. The Morgan fingerprint density at radius 3 is 2.90 bits per heavy atom. The van der Waals surface area contributed by atoms with Crippen molar-refractivity contribution in [2.75, 3.05) is 30.8 Å². The van der Waals surface area contributed by atoms with Crippen LogP contribution in [0.15, 0.2) is 12.1 Å². The van der Waals surface area contributed by atoms with Crippen molar-refractivity contribution in [3.8, 4) is 5.75 Å². The highest BCUT2D eigenvalue weighted by atomic mass is 19.3. The summed E-state index contributed by atoms with van der Waals surface area (Å²) < 4.78 is 47.1. The minimum absolute atomic E-state index is 0.154. The molecule has 1 aromatic rings. The Kier molecular flexibility index (Phi) is 4.94. The van der Waals surface area contributed by atoms with Crippen molar-refractivity contribution >= 4 is 11.4 Å². The maximum Gasteiger partial charge on any atom is 0.387 e. The number of anilines is 2. The lowest BCUT2D eigenvalue weighted by Crippen LogP contribution is -2.24. The number of hydrogen-bond donors (Lipinski definition) is 2. The zero-order chi connectivity index (χ0) is 14.5. The monoisotopic (exact) mass is 290 g/mol. The van der Waals surface area contributed by atoms with Gasteiger partial charge in [-0.05, 0) is 18.8 Å². The number of halogens is 3. The quantitative estimate of drug-likeness (QED) is 0.819. The summed E-state index contributed by atoms with van der Waals surface area (Å²) in [5, 5.41) is 3.03. The normalized spacial score (nSPS) is 19.1. The number of alkyl halides is 2. The van der Waals surface area contributed by atoms with E-state index in [0.717, 1.165) is 31.6 Å². The maximum atomic E-state index is 13.4. The van der Waals surface area contributed by atoms with Gasteiger partial charge in [-0.15, -0.1) is 0 Å². The lowest BCUT2D eigenvalue weighted by atomic mass is 10.0. The summed E-state index contributed by atoms with van der Waals surface area (Å²) >= 11 is 0. The average molecular weight is 290 g/mol. The molecule has 0 saturated carbocycles. The molecule has 2 rings (SSSR count). The fraction of sp³-hybridized carbons (Fsp3) is 0.538. The molecule has 1 heterocycles. The standard InChI is InChI=1S/C13H17F3N2O2/c14-9-4-10(17)11(5-12(9)20-13(15)16)18-6-8-2-1-3-19-7-8/h4-5,8,13,18H,1-3,6-7,17H2. The molecule has 1 atom stereocenters. The van der Waals surface area contributed by atoms with Gasteiger partial charge in [-0.2, -0.15) is 8.78 Å². The van der Waals surface area contributed by atoms with E-state index in [1.165, 1.54) is 0 Å². The molecule has 0 amide bonds. The number of ether oxygens (including phenoxy) is 2. The number of rotatable bonds is 5. The molecule has 112 valence electrons. The Balaban J connectivity index is 2.02. The molecule has 1 unspecified atom stereocenters. The fourth-order valence-corrected chi connectivity index (χ4v) is 2.13. The number of benzene rings is 1. The molecular weight excluding hydrogens is 273 g/mol. The number of nitrogen functional groups attached to an aromatic ring is 1. The van der Waals surface area contributed by atoms with E-state index in [1.54, 1.807) is 0 Å². The van der Waals surface area contributed by atoms with Crippen molar-refractivity contribution in [1.29, 1.82) is 0 Å². The van der Waals surface area contributed by atoms with Crippen LogP contribution in [0, 0.1) is 11.7 Å². The second-order valence-electron chi connectivity index (χ2n) is 4.71. The van der Waals surface area contributed by atoms with Crippen LogP contribution in [0.3, 0.4) is 0 Å². The molecular formula is C13H17F3N2O2. The summed E-state index contributed by atoms with van der Waals surface area (Å²) in [6, 6.07) is 2.12. The molecule has 1 saturated heterocycles. The summed E-state index contributed by atoms with van der Waals surface area (Å²) in [4.78, 5) is 0. The first kappa shape index (κ1) is 14.8. The van der Waals surface area contributed by atoms with Gasteiger partial charge >= 0.3 is 6.61 Å². The van der Waals surface area contributed by atoms with E-state index in [4.69, 9.17) is 10.5 Å². The Morgan fingerprint density at radius 1 is 1.45 bits per heavy atom. The first-order valence-corrected chi connectivity index (χ1v) is 6.41. The third kappa shape index (κ3) is 3.93. The highest BCUT2D eigenvalue weighted by molar-refractivity contribution is 5.68. The Morgan fingerprint density at radius 2 is 2.25 bits per heavy atom. The molecule has 3 N–H and O–H groups in total. The summed E-state index contributed by atoms with van der Waals surface area (Å²) in [7, 11) is 0. The Labute approximate surface area is 115 Å². The lowest BCUT2D eigenvalue weighted by Gasteiger charge is -2.23. The van der Waals surface area contributed by atoms with E-state index in [-0.39, 0.29) is 5.69 Å². The summed E-state index contributed by atoms with van der Waals surface area (Å²) in [6.07, 6.45) is 2.01. The average Bonchev–Trinajstić information content (AvgIpc) is 2.41. The second-order valence-corrected chi connectivity index (χ2v) is 4.71. The fourth-order valence-electron chi connectivity index (χ4n) is 2.13. The van der Waals surface area contributed by atoms with E-state index < -0.39 is 18.2 Å². The smallest absolute Gasteiger partial charge is 0.387 e. The van der Waals surface area contributed by atoms with E-state index >= 15 is 0 Å². The molecule has 1 aliphatic heterocycles. The van der Waals surface area contributed by atoms with Gasteiger partial charge in [-0.1, -0.05) is 0 Å². The third-order valence-electron chi connectivity index (χ3n) is 3.16. The lowest BCUT2D eigenvalue weighted by molar-refractivity contribution is -0.0521. The molecule has 0 radical (unpaired) electrons. The second kappa shape index (κ2) is 6.69. The minimum atomic E-state index is -3.08. The summed E-state index contributed by atoms with van der Waals surface area (Å²) in [5.74, 6) is -1.10. The molecule has 0 spiro atoms. The van der Waals surface area contributed by atoms with Crippen LogP contribution >= 0.6 is 0 Å². The Hall–Kier alpha value is -1.63. The van der Waals surface area contributed by atoms with Gasteiger partial charge < -0.3 is 20.5 Å². The molecule has 1 fully saturated rings. The van der Waals surface area contributed by atoms with Gasteiger partial charge in [0.05, 0.1) is 18.0 Å². The van der Waals surface area contributed by atoms with Gasteiger partial charge in [0, 0.05) is 25.3 Å². The molecule has 1 aliphatic rings. The first-order chi connectivity index (χ1) is 9.56. The van der Waals surface area contributed by atoms with Gasteiger partial charge in [0.15, 0.2) is 11.6 Å². The van der Waals surface area contributed by atoms with Crippen molar-refractivity contribution < 1.29 is 22.6 Å². The zero-order valence-corrected chi connectivity index (χ0v) is 10.9. The van der Waals surface area contributed by atoms with Gasteiger partial charge in [-0.3, -0.25) is 0 Å². The maximum absolute atomic E-state index is 13.4. The summed E-state index contributed by atoms with van der Waals surface area (Å²) in [5.41, 5.74) is 6.20. The molecule has 1 aromatic carbocycles. The molecule has 0 aliphatic carbocycles. The largest absolute Gasteiger partial charge is 0.432 e.